The van der Waals surface area contributed by atoms with Crippen LogP contribution in [-0.4, -0.2) is 56.8 Å². The van der Waals surface area contributed by atoms with Crippen molar-refractivity contribution in [3.63, 3.8) is 0 Å². The Balaban J connectivity index is 0.000000634. The lowest BCUT2D eigenvalue weighted by atomic mass is 9.71. The molecule has 0 aliphatic heterocycles. The Hall–Kier alpha value is -2.74. The van der Waals surface area contributed by atoms with E-state index in [1.807, 2.05) is 24.3 Å². The van der Waals surface area contributed by atoms with Crippen LogP contribution in [0.2, 0.25) is 0 Å². The van der Waals surface area contributed by atoms with E-state index in [9.17, 15) is 19.8 Å². The Labute approximate surface area is 240 Å². The van der Waals surface area contributed by atoms with Crippen molar-refractivity contribution >= 4 is 11.9 Å². The Kier molecular flexibility index (Phi) is 14.3. The van der Waals surface area contributed by atoms with Crippen molar-refractivity contribution in [2.45, 2.75) is 99.0 Å². The zero-order chi connectivity index (χ0) is 31.5. The van der Waals surface area contributed by atoms with Crippen molar-refractivity contribution in [1.82, 2.24) is 0 Å². The molecule has 2 rings (SSSR count). The van der Waals surface area contributed by atoms with E-state index in [0.717, 1.165) is 24.0 Å². The third-order valence-corrected chi connectivity index (χ3v) is 6.14. The van der Waals surface area contributed by atoms with E-state index in [4.69, 9.17) is 15.3 Å². The van der Waals surface area contributed by atoms with E-state index in [-0.39, 0.29) is 34.9 Å². The van der Waals surface area contributed by atoms with Gasteiger partial charge in [0.25, 0.3) is 0 Å². The third-order valence-electron chi connectivity index (χ3n) is 6.14. The van der Waals surface area contributed by atoms with Crippen molar-refractivity contribution in [2.24, 2.45) is 10.8 Å². The highest BCUT2D eigenvalue weighted by Gasteiger charge is 2.31. The van der Waals surface area contributed by atoms with E-state index in [1.54, 1.807) is 24.3 Å². The fourth-order valence-corrected chi connectivity index (χ4v) is 5.42. The summed E-state index contributed by atoms with van der Waals surface area (Å²) < 4.78 is 0. The maximum atomic E-state index is 11.2. The highest BCUT2D eigenvalue weighted by molar-refractivity contribution is 5.90. The highest BCUT2D eigenvalue weighted by Crippen LogP contribution is 2.38. The first-order chi connectivity index (χ1) is 18.1. The van der Waals surface area contributed by atoms with E-state index in [1.165, 1.54) is 0 Å². The average molecular weight is 561 g/mol. The Morgan fingerprint density at radius 3 is 1.07 bits per heavy atom. The van der Waals surface area contributed by atoms with Crippen molar-refractivity contribution in [3.8, 4) is 0 Å². The summed E-state index contributed by atoms with van der Waals surface area (Å²) in [5.74, 6) is -1.69. The van der Waals surface area contributed by atoms with E-state index >= 15 is 0 Å². The molecule has 2 aromatic carbocycles. The molecule has 0 bridgehead atoms. The molecule has 0 aromatic heterocycles. The summed E-state index contributed by atoms with van der Waals surface area (Å²) in [6.45, 7) is 20.8. The molecule has 0 aliphatic carbocycles. The molecule has 0 heterocycles. The quantitative estimate of drug-likeness (QED) is 0.248. The molecule has 0 saturated heterocycles. The largest absolute Gasteiger partial charge is 0.478 e. The molecule has 7 heteroatoms. The zero-order valence-electron chi connectivity index (χ0n) is 26.1. The van der Waals surface area contributed by atoms with Crippen LogP contribution in [0.3, 0.4) is 0 Å². The molecule has 0 fully saturated rings. The maximum Gasteiger partial charge on any atom is 0.335 e. The van der Waals surface area contributed by atoms with Gasteiger partial charge in [0.05, 0.1) is 24.3 Å². The first-order valence-electron chi connectivity index (χ1n) is 13.6. The van der Waals surface area contributed by atoms with Gasteiger partial charge in [-0.15, -0.1) is 0 Å². The standard InChI is InChI=1S/2C15H22O2.C3H8O3/c2*1-14(2,3)10-15(4,5)12-9-7-6-8-11(12)13(16)17;4-1-3(6)2-5/h2*6-9H,10H2,1-5H3,(H,16,17);3-6H,1-2H2. The van der Waals surface area contributed by atoms with Gasteiger partial charge in [0.1, 0.15) is 6.10 Å². The molecule has 2 aromatic rings. The minimum absolute atomic E-state index is 0.132. The van der Waals surface area contributed by atoms with Gasteiger partial charge in [0.15, 0.2) is 0 Å². The van der Waals surface area contributed by atoms with Crippen LogP contribution in [0.25, 0.3) is 0 Å². The summed E-state index contributed by atoms with van der Waals surface area (Å²) in [5.41, 5.74) is 2.76. The van der Waals surface area contributed by atoms with Crippen LogP contribution in [0, 0.1) is 10.8 Å². The summed E-state index contributed by atoms with van der Waals surface area (Å²) >= 11 is 0. The molecule has 40 heavy (non-hydrogen) atoms. The third kappa shape index (κ3) is 13.6. The van der Waals surface area contributed by atoms with Gasteiger partial charge in [-0.3, -0.25) is 0 Å². The Morgan fingerprint density at radius 2 is 0.875 bits per heavy atom. The first-order valence-corrected chi connectivity index (χ1v) is 13.6. The molecule has 0 radical (unpaired) electrons. The molecule has 5 N–H and O–H groups in total. The second kappa shape index (κ2) is 15.3. The van der Waals surface area contributed by atoms with Gasteiger partial charge in [-0.05, 0) is 57.8 Å². The van der Waals surface area contributed by atoms with Crippen molar-refractivity contribution in [3.05, 3.63) is 70.8 Å². The minimum atomic E-state index is -0.954. The van der Waals surface area contributed by atoms with E-state index in [0.29, 0.717) is 11.1 Å². The van der Waals surface area contributed by atoms with Gasteiger partial charge >= 0.3 is 11.9 Å². The summed E-state index contributed by atoms with van der Waals surface area (Å²) in [7, 11) is 0. The number of aliphatic hydroxyl groups excluding tert-OH is 3. The van der Waals surface area contributed by atoms with Crippen molar-refractivity contribution < 1.29 is 35.1 Å². The lowest BCUT2D eigenvalue weighted by Crippen LogP contribution is -2.27. The SMILES string of the molecule is CC(C)(C)CC(C)(C)c1ccccc1C(=O)O.CC(C)(C)CC(C)(C)c1ccccc1C(=O)O.OCC(O)CO. The molecular weight excluding hydrogens is 508 g/mol. The van der Waals surface area contributed by atoms with Crippen molar-refractivity contribution in [2.75, 3.05) is 13.2 Å². The minimum Gasteiger partial charge on any atom is -0.478 e. The van der Waals surface area contributed by atoms with Gasteiger partial charge in [0, 0.05) is 0 Å². The molecule has 0 saturated carbocycles. The number of hydrogen-bond donors (Lipinski definition) is 5. The summed E-state index contributed by atoms with van der Waals surface area (Å²) in [6.07, 6.45) is 0.944. The fraction of sp³-hybridized carbons (Fsp3) is 0.576. The average Bonchev–Trinajstić information content (AvgIpc) is 2.81. The normalized spacial score (nSPS) is 12.2. The van der Waals surface area contributed by atoms with Crippen LogP contribution in [0.4, 0.5) is 0 Å². The Morgan fingerprint density at radius 1 is 0.600 bits per heavy atom. The van der Waals surface area contributed by atoms with Crippen LogP contribution < -0.4 is 0 Å². The fourth-order valence-electron chi connectivity index (χ4n) is 5.42. The van der Waals surface area contributed by atoms with Gasteiger partial charge in [-0.25, -0.2) is 9.59 Å². The summed E-state index contributed by atoms with van der Waals surface area (Å²) in [6, 6.07) is 14.6. The number of benzene rings is 2. The summed E-state index contributed by atoms with van der Waals surface area (Å²) in [4.78, 5) is 22.5. The van der Waals surface area contributed by atoms with Crippen LogP contribution in [-0.2, 0) is 10.8 Å². The van der Waals surface area contributed by atoms with Gasteiger partial charge in [-0.1, -0.05) is 106 Å². The molecule has 0 spiro atoms. The monoisotopic (exact) mass is 560 g/mol. The van der Waals surface area contributed by atoms with Crippen LogP contribution in [0.15, 0.2) is 48.5 Å². The molecule has 0 unspecified atom stereocenters. The molecule has 7 nitrogen and oxygen atoms in total. The highest BCUT2D eigenvalue weighted by atomic mass is 16.4. The number of carboxylic acid groups (broad SMARTS) is 2. The predicted octanol–water partition coefficient (Wildman–Crippen LogP) is 6.53. The molecule has 0 aliphatic rings. The van der Waals surface area contributed by atoms with E-state index < -0.39 is 18.0 Å². The number of aliphatic hydroxyl groups is 3. The number of hydrogen-bond acceptors (Lipinski definition) is 5. The zero-order valence-corrected chi connectivity index (χ0v) is 26.1. The first kappa shape index (κ1) is 37.3. The lowest BCUT2D eigenvalue weighted by Gasteiger charge is -2.33. The van der Waals surface area contributed by atoms with Crippen LogP contribution in [0.5, 0.6) is 0 Å². The summed E-state index contributed by atoms with van der Waals surface area (Å²) in [5, 5.41) is 42.5. The molecular formula is C33H52O7. The van der Waals surface area contributed by atoms with Gasteiger partial charge < -0.3 is 25.5 Å². The second-order valence-electron chi connectivity index (χ2n) is 14.0. The van der Waals surface area contributed by atoms with Crippen molar-refractivity contribution in [1.29, 1.82) is 0 Å². The lowest BCUT2D eigenvalue weighted by molar-refractivity contribution is 0.0450. The number of carbonyl (C=O) groups is 2. The second-order valence-corrected chi connectivity index (χ2v) is 14.0. The number of carboxylic acids is 2. The number of aromatic carboxylic acids is 2. The smallest absolute Gasteiger partial charge is 0.335 e. The van der Waals surface area contributed by atoms with E-state index in [2.05, 4.69) is 69.2 Å². The van der Waals surface area contributed by atoms with Crippen LogP contribution in [0.1, 0.15) is 114 Å². The number of rotatable bonds is 8. The molecule has 0 amide bonds. The van der Waals surface area contributed by atoms with Gasteiger partial charge in [-0.2, -0.15) is 0 Å². The predicted molar refractivity (Wildman–Crippen MR) is 161 cm³/mol. The topological polar surface area (TPSA) is 135 Å². The molecule has 226 valence electrons. The maximum absolute atomic E-state index is 11.2. The molecule has 0 atom stereocenters. The van der Waals surface area contributed by atoms with Crippen LogP contribution >= 0.6 is 0 Å². The Bertz CT molecular complexity index is 987. The van der Waals surface area contributed by atoms with Gasteiger partial charge in [0.2, 0.25) is 0 Å².